The maximum Gasteiger partial charge on any atom is 0.0701 e. The Morgan fingerprint density at radius 1 is 0.394 bits per heavy atom. The van der Waals surface area contributed by atoms with Crippen molar-refractivity contribution in [3.05, 3.63) is 0 Å². The minimum Gasteiger partial charge on any atom is -0.396 e. The largest absolute Gasteiger partial charge is 0.396 e. The fraction of sp³-hybridized carbons (Fsp3) is 1.00. The summed E-state index contributed by atoms with van der Waals surface area (Å²) in [7, 11) is 0. The zero-order valence-electron chi connectivity index (χ0n) is 20.2. The van der Waals surface area contributed by atoms with Crippen molar-refractivity contribution < 1.29 is 65.3 Å². The molecular weight excluding hydrogens is 448 g/mol. The number of hydrogen-bond acceptors (Lipinski definition) is 13. The van der Waals surface area contributed by atoms with Crippen molar-refractivity contribution in [2.24, 2.45) is 5.41 Å². The molecule has 0 atom stereocenters. The molecule has 13 heteroatoms. The summed E-state index contributed by atoms with van der Waals surface area (Å²) in [6, 6.07) is 0. The van der Waals surface area contributed by atoms with Crippen LogP contribution in [0.3, 0.4) is 0 Å². The van der Waals surface area contributed by atoms with Crippen LogP contribution < -0.4 is 0 Å². The van der Waals surface area contributed by atoms with Crippen LogP contribution in [-0.2, 0) is 14.2 Å². The fourth-order valence-corrected chi connectivity index (χ4v) is 0.982. The number of ether oxygens (including phenoxy) is 3. The van der Waals surface area contributed by atoms with Crippen molar-refractivity contribution in [2.45, 2.75) is 20.3 Å². The van der Waals surface area contributed by atoms with Gasteiger partial charge in [-0.25, -0.2) is 0 Å². The number of hydrogen-bond donors (Lipinski definition) is 10. The lowest BCUT2D eigenvalue weighted by molar-refractivity contribution is -0.0328. The molecule has 0 aliphatic carbocycles. The first-order valence-corrected chi connectivity index (χ1v) is 10.7. The summed E-state index contributed by atoms with van der Waals surface area (Å²) in [5, 5.41) is 81.9. The molecule has 33 heavy (non-hydrogen) atoms. The quantitative estimate of drug-likeness (QED) is 0.0925. The summed E-state index contributed by atoms with van der Waals surface area (Å²) in [6.07, 6.45) is 1.25. The lowest BCUT2D eigenvalue weighted by atomic mass is 9.93. The van der Waals surface area contributed by atoms with Gasteiger partial charge in [-0.15, -0.1) is 0 Å². The van der Waals surface area contributed by atoms with Crippen molar-refractivity contribution in [3.63, 3.8) is 0 Å². The highest BCUT2D eigenvalue weighted by atomic mass is 16.5. The van der Waals surface area contributed by atoms with E-state index in [2.05, 4.69) is 18.6 Å². The first-order valence-electron chi connectivity index (χ1n) is 10.7. The first kappa shape index (κ1) is 42.6. The van der Waals surface area contributed by atoms with Crippen LogP contribution >= 0.6 is 0 Å². The predicted octanol–water partition coefficient (Wildman–Crippen LogP) is -3.68. The van der Waals surface area contributed by atoms with Crippen LogP contribution in [0.2, 0.25) is 0 Å². The molecule has 0 aromatic rings. The molecule has 0 rings (SSSR count). The van der Waals surface area contributed by atoms with Gasteiger partial charge in [-0.05, 0) is 0 Å². The van der Waals surface area contributed by atoms with Crippen molar-refractivity contribution in [1.29, 1.82) is 0 Å². The maximum atomic E-state index is 8.50. The van der Waals surface area contributed by atoms with E-state index in [1.165, 1.54) is 6.42 Å². The number of aliphatic hydroxyl groups excluding tert-OH is 10. The van der Waals surface area contributed by atoms with Crippen molar-refractivity contribution in [3.8, 4) is 0 Å². The Bertz CT molecular complexity index is 239. The standard InChI is InChI=1S/C6H14O4.C5H12O4.C4H10O3.C3H8.C2H6O2/c7-1-3-9-5-6-10-4-2-8;6-1-5(2-7,3-8)4-9;5-1-3-7-4-2-6;1-3-2;3-1-2-4/h7-8H,1-6H2;6-9H,1-4H2;5-6H,1-4H2;3H2,1-2H3;3-4H,1-2H2. The van der Waals surface area contributed by atoms with Gasteiger partial charge in [0.1, 0.15) is 0 Å². The lowest BCUT2D eigenvalue weighted by Crippen LogP contribution is -2.37. The Hall–Kier alpha value is -0.520. The van der Waals surface area contributed by atoms with E-state index in [4.69, 9.17) is 60.5 Å². The molecular formula is C20H50O13. The third-order valence-electron chi connectivity index (χ3n) is 2.76. The summed E-state index contributed by atoms with van der Waals surface area (Å²) in [5.74, 6) is 0. The van der Waals surface area contributed by atoms with Crippen LogP contribution in [0.25, 0.3) is 0 Å². The first-order chi connectivity index (χ1) is 15.9. The Morgan fingerprint density at radius 2 is 0.606 bits per heavy atom. The molecule has 0 aliphatic heterocycles. The summed E-state index contributed by atoms with van der Waals surface area (Å²) in [5.41, 5.74) is -1.11. The van der Waals surface area contributed by atoms with Crippen LogP contribution in [-0.4, -0.2) is 157 Å². The maximum absolute atomic E-state index is 8.50. The second-order valence-corrected chi connectivity index (χ2v) is 6.02. The van der Waals surface area contributed by atoms with E-state index in [-0.39, 0.29) is 39.6 Å². The highest BCUT2D eigenvalue weighted by Gasteiger charge is 2.26. The summed E-state index contributed by atoms with van der Waals surface area (Å²) < 4.78 is 14.4. The average Bonchev–Trinajstić information content (AvgIpc) is 2.85. The smallest absolute Gasteiger partial charge is 0.0701 e. The molecule has 0 spiro atoms. The van der Waals surface area contributed by atoms with Gasteiger partial charge in [0.15, 0.2) is 0 Å². The predicted molar refractivity (Wildman–Crippen MR) is 122 cm³/mol. The van der Waals surface area contributed by atoms with Crippen LogP contribution in [0, 0.1) is 5.41 Å². The van der Waals surface area contributed by atoms with E-state index in [9.17, 15) is 0 Å². The molecule has 208 valence electrons. The highest BCUT2D eigenvalue weighted by molar-refractivity contribution is 4.74. The monoisotopic (exact) mass is 498 g/mol. The Labute approximate surface area is 197 Å². The van der Waals surface area contributed by atoms with Crippen LogP contribution in [0.4, 0.5) is 0 Å². The second kappa shape index (κ2) is 45.0. The summed E-state index contributed by atoms with van der Waals surface area (Å²) in [6.45, 7) is 4.80. The SMILES string of the molecule is CCC.OCC(CO)(CO)CO.OCCO.OCCOCCO.OCCOCCOCCO. The van der Waals surface area contributed by atoms with Gasteiger partial charge in [-0.3, -0.25) is 0 Å². The van der Waals surface area contributed by atoms with Gasteiger partial charge in [0.25, 0.3) is 0 Å². The normalized spacial score (nSPS) is 9.82. The van der Waals surface area contributed by atoms with E-state index in [0.717, 1.165) is 0 Å². The molecule has 0 aromatic carbocycles. The molecule has 0 amide bonds. The van der Waals surface area contributed by atoms with Crippen LogP contribution in [0.15, 0.2) is 0 Å². The number of rotatable bonds is 16. The molecule has 0 unspecified atom stereocenters. The van der Waals surface area contributed by atoms with Gasteiger partial charge in [0, 0.05) is 0 Å². The summed E-state index contributed by atoms with van der Waals surface area (Å²) in [4.78, 5) is 0. The fourth-order valence-electron chi connectivity index (χ4n) is 0.982. The minimum absolute atomic E-state index is 0.0278. The van der Waals surface area contributed by atoms with E-state index >= 15 is 0 Å². The molecule has 0 heterocycles. The third-order valence-corrected chi connectivity index (χ3v) is 2.76. The lowest BCUT2D eigenvalue weighted by Gasteiger charge is -2.23. The number of aliphatic hydroxyl groups is 10. The molecule has 0 saturated carbocycles. The van der Waals surface area contributed by atoms with E-state index in [0.29, 0.717) is 39.6 Å². The molecule has 0 fully saturated rings. The van der Waals surface area contributed by atoms with Crippen molar-refractivity contribution in [2.75, 3.05) is 106 Å². The van der Waals surface area contributed by atoms with E-state index in [1.807, 2.05) is 0 Å². The van der Waals surface area contributed by atoms with Gasteiger partial charge in [-0.2, -0.15) is 0 Å². The van der Waals surface area contributed by atoms with Crippen LogP contribution in [0.1, 0.15) is 20.3 Å². The minimum atomic E-state index is -1.11. The molecule has 0 saturated heterocycles. The average molecular weight is 499 g/mol. The topological polar surface area (TPSA) is 230 Å². The van der Waals surface area contributed by atoms with Gasteiger partial charge < -0.3 is 65.3 Å². The third kappa shape index (κ3) is 49.6. The van der Waals surface area contributed by atoms with Crippen molar-refractivity contribution in [1.82, 2.24) is 0 Å². The van der Waals surface area contributed by atoms with Crippen molar-refractivity contribution >= 4 is 0 Å². The molecule has 10 N–H and O–H groups in total. The molecule has 13 nitrogen and oxygen atoms in total. The van der Waals surface area contributed by atoms with Gasteiger partial charge in [0.2, 0.25) is 0 Å². The zero-order valence-corrected chi connectivity index (χ0v) is 20.2. The Kier molecular flexibility index (Phi) is 58.2. The molecule has 0 aromatic heterocycles. The van der Waals surface area contributed by atoms with E-state index < -0.39 is 31.8 Å². The highest BCUT2D eigenvalue weighted by Crippen LogP contribution is 2.11. The van der Waals surface area contributed by atoms with E-state index in [1.54, 1.807) is 0 Å². The van der Waals surface area contributed by atoms with Gasteiger partial charge in [-0.1, -0.05) is 20.3 Å². The zero-order chi connectivity index (χ0) is 26.6. The molecule has 0 bridgehead atoms. The molecule has 0 radical (unpaired) electrons. The van der Waals surface area contributed by atoms with Gasteiger partial charge in [0.05, 0.1) is 111 Å². The Morgan fingerprint density at radius 3 is 0.727 bits per heavy atom. The summed E-state index contributed by atoms with van der Waals surface area (Å²) >= 11 is 0. The second-order valence-electron chi connectivity index (χ2n) is 6.02. The molecule has 0 aliphatic rings. The Balaban J connectivity index is -0.000000105. The van der Waals surface area contributed by atoms with Crippen LogP contribution in [0.5, 0.6) is 0 Å². The van der Waals surface area contributed by atoms with Gasteiger partial charge >= 0.3 is 0 Å².